The minimum absolute atomic E-state index is 0.463. The van der Waals surface area contributed by atoms with Crippen LogP contribution >= 0.6 is 11.3 Å². The summed E-state index contributed by atoms with van der Waals surface area (Å²) in [5, 5.41) is 25.0. The summed E-state index contributed by atoms with van der Waals surface area (Å²) < 4.78 is 0. The first kappa shape index (κ1) is 19.6. The van der Waals surface area contributed by atoms with Crippen LogP contribution in [0.15, 0.2) is 30.6 Å². The molecule has 0 saturated carbocycles. The van der Waals surface area contributed by atoms with Crippen molar-refractivity contribution in [3.63, 3.8) is 0 Å². The van der Waals surface area contributed by atoms with E-state index in [1.807, 2.05) is 18.2 Å². The van der Waals surface area contributed by atoms with Gasteiger partial charge in [-0.2, -0.15) is 10.5 Å². The second kappa shape index (κ2) is 8.44. The van der Waals surface area contributed by atoms with Gasteiger partial charge in [0.2, 0.25) is 0 Å². The number of pyridine rings is 2. The fourth-order valence-corrected chi connectivity index (χ4v) is 5.11. The standard InChI is InChI=1S/C21H21N9S/c22-6-2-8-30-14-4-5-15(30)13-29(12-14)28-20-17-3-1-7-24-18(17)9-19(26-20)27-21-25-11-16(10-23)31-21/h1,3,7,9,11,14-15H,2,4-5,8,12-13H2,(H2,25,26,27,28)/t14-,15+. The lowest BCUT2D eigenvalue weighted by molar-refractivity contribution is 0.0836. The molecular formula is C21H21N9S. The number of thiazole rings is 1. The summed E-state index contributed by atoms with van der Waals surface area (Å²) in [7, 11) is 0. The minimum atomic E-state index is 0.463. The lowest BCUT2D eigenvalue weighted by Gasteiger charge is -2.40. The summed E-state index contributed by atoms with van der Waals surface area (Å²) in [5.74, 6) is 1.37. The lowest BCUT2D eigenvalue weighted by Crippen LogP contribution is -2.55. The molecule has 3 aromatic heterocycles. The van der Waals surface area contributed by atoms with E-state index in [0.717, 1.165) is 49.2 Å². The molecule has 0 aliphatic carbocycles. The van der Waals surface area contributed by atoms with Crippen molar-refractivity contribution in [2.45, 2.75) is 31.3 Å². The predicted molar refractivity (Wildman–Crippen MR) is 119 cm³/mol. The number of hydrogen-bond donors (Lipinski definition) is 2. The van der Waals surface area contributed by atoms with E-state index in [2.05, 4.69) is 42.8 Å². The second-order valence-electron chi connectivity index (χ2n) is 7.74. The highest BCUT2D eigenvalue weighted by Gasteiger charge is 2.39. The number of anilines is 3. The first-order valence-electron chi connectivity index (χ1n) is 10.3. The molecule has 2 N–H and O–H groups in total. The molecule has 0 radical (unpaired) electrons. The number of fused-ring (bicyclic) bond motifs is 3. The molecule has 156 valence electrons. The van der Waals surface area contributed by atoms with E-state index in [4.69, 9.17) is 15.5 Å². The van der Waals surface area contributed by atoms with Crippen LogP contribution in [-0.2, 0) is 0 Å². The summed E-state index contributed by atoms with van der Waals surface area (Å²) in [6.45, 7) is 2.63. The Kier molecular flexibility index (Phi) is 5.35. The Morgan fingerprint density at radius 2 is 2.03 bits per heavy atom. The molecule has 0 amide bonds. The zero-order chi connectivity index (χ0) is 21.2. The van der Waals surface area contributed by atoms with Crippen LogP contribution in [0.3, 0.4) is 0 Å². The molecule has 0 unspecified atom stereocenters. The Morgan fingerprint density at radius 3 is 2.77 bits per heavy atom. The van der Waals surface area contributed by atoms with Gasteiger partial charge in [0, 0.05) is 55.8 Å². The monoisotopic (exact) mass is 431 g/mol. The minimum Gasteiger partial charge on any atom is -0.316 e. The van der Waals surface area contributed by atoms with Gasteiger partial charge < -0.3 is 10.7 Å². The molecule has 3 aromatic rings. The second-order valence-corrected chi connectivity index (χ2v) is 8.77. The first-order chi connectivity index (χ1) is 15.2. The third-order valence-corrected chi connectivity index (χ3v) is 6.65. The molecule has 0 aromatic carbocycles. The van der Waals surface area contributed by atoms with Crippen LogP contribution < -0.4 is 10.7 Å². The topological polar surface area (TPSA) is 117 Å². The van der Waals surface area contributed by atoms with Gasteiger partial charge in [0.15, 0.2) is 10.9 Å². The van der Waals surface area contributed by atoms with E-state index in [0.29, 0.717) is 34.3 Å². The van der Waals surface area contributed by atoms with Gasteiger partial charge in [0.25, 0.3) is 0 Å². The largest absolute Gasteiger partial charge is 0.316 e. The van der Waals surface area contributed by atoms with Crippen molar-refractivity contribution in [2.24, 2.45) is 0 Å². The Hall–Kier alpha value is -3.31. The van der Waals surface area contributed by atoms with E-state index in [1.54, 1.807) is 12.4 Å². The lowest BCUT2D eigenvalue weighted by atomic mass is 10.2. The van der Waals surface area contributed by atoms with Gasteiger partial charge >= 0.3 is 0 Å². The maximum absolute atomic E-state index is 9.03. The number of hydrazine groups is 1. The van der Waals surface area contributed by atoms with E-state index in [9.17, 15) is 0 Å². The normalized spacial score (nSPS) is 21.0. The van der Waals surface area contributed by atoms with Crippen molar-refractivity contribution in [1.82, 2.24) is 24.9 Å². The summed E-state index contributed by atoms with van der Waals surface area (Å²) in [5.41, 5.74) is 4.35. The van der Waals surface area contributed by atoms with E-state index in [1.165, 1.54) is 11.3 Å². The number of hydrogen-bond acceptors (Lipinski definition) is 10. The van der Waals surface area contributed by atoms with Crippen LogP contribution in [0.25, 0.3) is 10.9 Å². The quantitative estimate of drug-likeness (QED) is 0.607. The van der Waals surface area contributed by atoms with Gasteiger partial charge in [-0.3, -0.25) is 9.88 Å². The molecule has 9 nitrogen and oxygen atoms in total. The highest BCUT2D eigenvalue weighted by atomic mass is 32.1. The highest BCUT2D eigenvalue weighted by Crippen LogP contribution is 2.32. The molecule has 10 heteroatoms. The molecular weight excluding hydrogens is 410 g/mol. The summed E-state index contributed by atoms with van der Waals surface area (Å²) in [6.07, 6.45) is 6.22. The Bertz CT molecular complexity index is 1160. The van der Waals surface area contributed by atoms with Crippen LogP contribution in [0.1, 0.15) is 24.1 Å². The zero-order valence-electron chi connectivity index (χ0n) is 16.8. The molecule has 5 rings (SSSR count). The molecule has 2 atom stereocenters. The number of piperazine rings is 1. The molecule has 2 aliphatic heterocycles. The van der Waals surface area contributed by atoms with Gasteiger partial charge in [-0.25, -0.2) is 15.0 Å². The van der Waals surface area contributed by atoms with Crippen LogP contribution in [0.5, 0.6) is 0 Å². The molecule has 2 saturated heterocycles. The maximum Gasteiger partial charge on any atom is 0.189 e. The number of aromatic nitrogens is 3. The average molecular weight is 432 g/mol. The fourth-order valence-electron chi connectivity index (χ4n) is 4.49. The van der Waals surface area contributed by atoms with Gasteiger partial charge in [-0.15, -0.1) is 0 Å². The van der Waals surface area contributed by atoms with E-state index >= 15 is 0 Å². The summed E-state index contributed by atoms with van der Waals surface area (Å²) >= 11 is 1.29. The third kappa shape index (κ3) is 4.01. The Balaban J connectivity index is 1.38. The smallest absolute Gasteiger partial charge is 0.189 e. The number of nitriles is 2. The van der Waals surface area contributed by atoms with Gasteiger partial charge in [0.05, 0.1) is 17.8 Å². The first-order valence-corrected chi connectivity index (χ1v) is 11.1. The molecule has 2 fully saturated rings. The van der Waals surface area contributed by atoms with Crippen molar-refractivity contribution in [1.29, 1.82) is 10.5 Å². The molecule has 2 aliphatic rings. The van der Waals surface area contributed by atoms with Crippen molar-refractivity contribution >= 4 is 39.0 Å². The van der Waals surface area contributed by atoms with Crippen LogP contribution in [0.2, 0.25) is 0 Å². The average Bonchev–Trinajstić information content (AvgIpc) is 3.33. The zero-order valence-corrected chi connectivity index (χ0v) is 17.6. The van der Waals surface area contributed by atoms with Crippen LogP contribution in [0, 0.1) is 22.7 Å². The van der Waals surface area contributed by atoms with Crippen molar-refractivity contribution in [3.05, 3.63) is 35.5 Å². The van der Waals surface area contributed by atoms with Gasteiger partial charge in [-0.05, 0) is 25.0 Å². The summed E-state index contributed by atoms with van der Waals surface area (Å²) in [4.78, 5) is 16.6. The van der Waals surface area contributed by atoms with Crippen LogP contribution in [-0.4, -0.2) is 56.6 Å². The highest BCUT2D eigenvalue weighted by molar-refractivity contribution is 7.16. The summed E-state index contributed by atoms with van der Waals surface area (Å²) in [6, 6.07) is 11.1. The molecule has 2 bridgehead atoms. The Labute approximate surface area is 183 Å². The third-order valence-electron chi connectivity index (χ3n) is 5.83. The number of nitrogens with one attached hydrogen (secondary N) is 2. The molecule has 31 heavy (non-hydrogen) atoms. The van der Waals surface area contributed by atoms with Gasteiger partial charge in [0.1, 0.15) is 16.8 Å². The van der Waals surface area contributed by atoms with Crippen molar-refractivity contribution in [2.75, 3.05) is 30.4 Å². The maximum atomic E-state index is 9.03. The number of rotatable bonds is 6. The van der Waals surface area contributed by atoms with E-state index < -0.39 is 0 Å². The van der Waals surface area contributed by atoms with Crippen molar-refractivity contribution < 1.29 is 0 Å². The predicted octanol–water partition coefficient (Wildman–Crippen LogP) is 3.09. The molecule has 5 heterocycles. The molecule has 0 spiro atoms. The SMILES string of the molecule is N#CCCN1[C@@H]2CC[C@H]1CN(Nc1nc(Nc3ncc(C#N)s3)cc3ncccc13)C2. The number of nitrogens with zero attached hydrogens (tertiary/aromatic N) is 7. The van der Waals surface area contributed by atoms with Crippen LogP contribution in [0.4, 0.5) is 16.8 Å². The fraction of sp³-hybridized carbons (Fsp3) is 0.381. The Morgan fingerprint density at radius 1 is 1.19 bits per heavy atom. The van der Waals surface area contributed by atoms with E-state index in [-0.39, 0.29) is 0 Å². The van der Waals surface area contributed by atoms with Gasteiger partial charge in [-0.1, -0.05) is 11.3 Å². The van der Waals surface area contributed by atoms with Crippen molar-refractivity contribution in [3.8, 4) is 12.1 Å².